The summed E-state index contributed by atoms with van der Waals surface area (Å²) in [5, 5.41) is 22.5. The van der Waals surface area contributed by atoms with Crippen molar-refractivity contribution < 1.29 is 74.2 Å². The molecule has 0 spiro atoms. The molecule has 0 radical (unpaired) electrons. The van der Waals surface area contributed by atoms with Crippen molar-refractivity contribution in [2.45, 2.75) is 31.6 Å². The van der Waals surface area contributed by atoms with Crippen molar-refractivity contribution in [2.24, 2.45) is 0 Å². The van der Waals surface area contributed by atoms with Crippen LogP contribution in [0.1, 0.15) is 26.7 Å². The predicted octanol–water partition coefficient (Wildman–Crippen LogP) is -0.962. The zero-order chi connectivity index (χ0) is 17.8. The molecule has 1 aromatic carbocycles. The van der Waals surface area contributed by atoms with Gasteiger partial charge in [-0.2, -0.15) is 0 Å². The molecule has 1 aromatic rings. The van der Waals surface area contributed by atoms with E-state index in [0.29, 0.717) is 38.1 Å². The van der Waals surface area contributed by atoms with Gasteiger partial charge in [-0.1, -0.05) is 13.8 Å². The summed E-state index contributed by atoms with van der Waals surface area (Å²) in [6, 6.07) is 1.14. The van der Waals surface area contributed by atoms with Crippen LogP contribution in [0, 0.1) is 20.2 Å². The molecule has 0 heterocycles. The van der Waals surface area contributed by atoms with Gasteiger partial charge in [0, 0.05) is 25.2 Å². The molecule has 128 valence electrons. The summed E-state index contributed by atoms with van der Waals surface area (Å²) in [6.07, 6.45) is 1.16. The summed E-state index contributed by atoms with van der Waals surface area (Å²) in [4.78, 5) is 21.1. The van der Waals surface area contributed by atoms with E-state index >= 15 is 0 Å². The standard InChI is InChI=1S/C12H17N3O7S.K/c1-3-5-13(6-4-2)12-10(14(16)17)7-9(23(20,21)22)8-11(12)15(18)19;/h7-8H,3-6H2,1-2H3,(H,20,21,22);/q;+1/p-1. The number of anilines is 1. The Kier molecular flexibility index (Phi) is 9.49. The Morgan fingerprint density at radius 1 is 1.00 bits per heavy atom. The summed E-state index contributed by atoms with van der Waals surface area (Å²) in [5.74, 6) is 0. The second-order valence-corrected chi connectivity index (χ2v) is 6.15. The van der Waals surface area contributed by atoms with Crippen LogP contribution in [0.3, 0.4) is 0 Å². The summed E-state index contributed by atoms with van der Waals surface area (Å²) in [7, 11) is -5.06. The Bertz CT molecular complexity index is 682. The summed E-state index contributed by atoms with van der Waals surface area (Å²) >= 11 is 0. The van der Waals surface area contributed by atoms with Gasteiger partial charge in [0.1, 0.15) is 10.1 Å². The van der Waals surface area contributed by atoms with E-state index in [0.717, 1.165) is 0 Å². The summed E-state index contributed by atoms with van der Waals surface area (Å²) in [5.41, 5.74) is -1.82. The second-order valence-electron chi connectivity index (χ2n) is 4.77. The van der Waals surface area contributed by atoms with Gasteiger partial charge in [-0.3, -0.25) is 20.2 Å². The fourth-order valence-corrected chi connectivity index (χ4v) is 2.71. The molecule has 0 N–H and O–H groups in total. The number of hydrogen-bond acceptors (Lipinski definition) is 8. The van der Waals surface area contributed by atoms with Gasteiger partial charge in [0.15, 0.2) is 5.69 Å². The molecule has 12 heteroatoms. The fourth-order valence-electron chi connectivity index (χ4n) is 2.20. The summed E-state index contributed by atoms with van der Waals surface area (Å²) in [6.45, 7) is 4.24. The van der Waals surface area contributed by atoms with Crippen molar-refractivity contribution in [3.8, 4) is 0 Å². The van der Waals surface area contributed by atoms with Gasteiger partial charge in [0.05, 0.1) is 14.7 Å². The van der Waals surface area contributed by atoms with Crippen LogP contribution in [0.5, 0.6) is 0 Å². The zero-order valence-corrected chi connectivity index (χ0v) is 17.5. The number of benzene rings is 1. The third-order valence-corrected chi connectivity index (χ3v) is 3.84. The second kappa shape index (κ2) is 9.75. The Morgan fingerprint density at radius 2 is 1.38 bits per heavy atom. The number of hydrogen-bond donors (Lipinski definition) is 0. The smallest absolute Gasteiger partial charge is 0.744 e. The van der Waals surface area contributed by atoms with Crippen LogP contribution in [0.4, 0.5) is 17.1 Å². The van der Waals surface area contributed by atoms with E-state index in [1.54, 1.807) is 13.8 Å². The molecule has 0 amide bonds. The molecule has 0 saturated heterocycles. The first kappa shape index (κ1) is 23.4. The molecule has 0 aliphatic heterocycles. The van der Waals surface area contributed by atoms with Crippen LogP contribution in [0.25, 0.3) is 0 Å². The van der Waals surface area contributed by atoms with Crippen LogP contribution >= 0.6 is 0 Å². The van der Waals surface area contributed by atoms with Gasteiger partial charge < -0.3 is 9.45 Å². The summed E-state index contributed by atoms with van der Waals surface area (Å²) < 4.78 is 33.3. The molecule has 10 nitrogen and oxygen atoms in total. The van der Waals surface area contributed by atoms with Gasteiger partial charge in [0.2, 0.25) is 0 Å². The van der Waals surface area contributed by atoms with Crippen LogP contribution in [-0.4, -0.2) is 35.9 Å². The topological polar surface area (TPSA) is 147 Å². The van der Waals surface area contributed by atoms with Crippen LogP contribution in [0.15, 0.2) is 17.0 Å². The maximum Gasteiger partial charge on any atom is 1.00 e. The van der Waals surface area contributed by atoms with E-state index in [1.165, 1.54) is 4.90 Å². The van der Waals surface area contributed by atoms with Gasteiger partial charge in [-0.05, 0) is 12.8 Å². The number of nitro groups is 2. The molecule has 0 aliphatic rings. The molecule has 0 unspecified atom stereocenters. The number of rotatable bonds is 8. The van der Waals surface area contributed by atoms with Crippen molar-refractivity contribution >= 4 is 27.2 Å². The van der Waals surface area contributed by atoms with E-state index in [4.69, 9.17) is 0 Å². The molecule has 24 heavy (non-hydrogen) atoms. The van der Waals surface area contributed by atoms with E-state index in [2.05, 4.69) is 0 Å². The number of nitrogens with zero attached hydrogens (tertiary/aromatic N) is 3. The van der Waals surface area contributed by atoms with Gasteiger partial charge in [-0.15, -0.1) is 0 Å². The van der Waals surface area contributed by atoms with Crippen LogP contribution in [-0.2, 0) is 10.1 Å². The number of nitro benzene ring substituents is 2. The first-order valence-electron chi connectivity index (χ1n) is 6.81. The molecular formula is C12H16KN3O7S. The van der Waals surface area contributed by atoms with Crippen LogP contribution < -0.4 is 56.3 Å². The van der Waals surface area contributed by atoms with Crippen LogP contribution in [0.2, 0.25) is 0 Å². The Labute approximate surface area is 181 Å². The predicted molar refractivity (Wildman–Crippen MR) is 80.5 cm³/mol. The molecule has 0 saturated carbocycles. The molecule has 0 aliphatic carbocycles. The third kappa shape index (κ3) is 5.72. The maximum absolute atomic E-state index is 11.2. The zero-order valence-electron chi connectivity index (χ0n) is 13.6. The minimum Gasteiger partial charge on any atom is -0.744 e. The Balaban J connectivity index is 0.00000529. The molecule has 1 rings (SSSR count). The fraction of sp³-hybridized carbons (Fsp3) is 0.500. The maximum atomic E-state index is 11.2. The molecule has 0 atom stereocenters. The van der Waals surface area contributed by atoms with E-state index < -0.39 is 36.2 Å². The average molecular weight is 385 g/mol. The molecule has 0 fully saturated rings. The van der Waals surface area contributed by atoms with Crippen molar-refractivity contribution in [1.82, 2.24) is 0 Å². The normalized spacial score (nSPS) is 10.8. The van der Waals surface area contributed by atoms with Gasteiger partial charge >= 0.3 is 62.8 Å². The molecule has 0 aromatic heterocycles. The average Bonchev–Trinajstić information content (AvgIpc) is 2.44. The van der Waals surface area contributed by atoms with Gasteiger partial charge in [-0.25, -0.2) is 8.42 Å². The Hall–Kier alpha value is -0.634. The first-order chi connectivity index (χ1) is 10.6. The minimum atomic E-state index is -5.06. The van der Waals surface area contributed by atoms with E-state index in [-0.39, 0.29) is 57.1 Å². The Morgan fingerprint density at radius 3 is 1.62 bits per heavy atom. The van der Waals surface area contributed by atoms with Crippen molar-refractivity contribution in [1.29, 1.82) is 0 Å². The van der Waals surface area contributed by atoms with Crippen molar-refractivity contribution in [3.05, 3.63) is 32.4 Å². The van der Waals surface area contributed by atoms with Crippen molar-refractivity contribution in [3.63, 3.8) is 0 Å². The van der Waals surface area contributed by atoms with E-state index in [9.17, 15) is 33.2 Å². The molecular weight excluding hydrogens is 369 g/mol. The first-order valence-corrected chi connectivity index (χ1v) is 8.21. The van der Waals surface area contributed by atoms with Crippen molar-refractivity contribution in [2.75, 3.05) is 18.0 Å². The minimum absolute atomic E-state index is 0. The SMILES string of the molecule is CCCN(CCC)c1c([N+](=O)[O-])cc(S(=O)(=O)[O-])cc1[N+](=O)[O-].[K+]. The molecule has 0 bridgehead atoms. The quantitative estimate of drug-likeness (QED) is 0.240. The van der Waals surface area contributed by atoms with E-state index in [1.807, 2.05) is 0 Å². The monoisotopic (exact) mass is 385 g/mol. The van der Waals surface area contributed by atoms with Gasteiger partial charge in [0.25, 0.3) is 0 Å². The third-order valence-electron chi connectivity index (χ3n) is 3.03. The largest absolute Gasteiger partial charge is 1.00 e.